The van der Waals surface area contributed by atoms with E-state index < -0.39 is 10.0 Å². The van der Waals surface area contributed by atoms with Crippen molar-refractivity contribution in [1.82, 2.24) is 24.7 Å². The zero-order valence-electron chi connectivity index (χ0n) is 17.3. The third-order valence-electron chi connectivity index (χ3n) is 4.70. The van der Waals surface area contributed by atoms with Crippen molar-refractivity contribution in [3.8, 4) is 5.82 Å². The summed E-state index contributed by atoms with van der Waals surface area (Å²) in [6.45, 7) is 0.368. The first-order valence-electron chi connectivity index (χ1n) is 9.80. The molecule has 0 spiro atoms. The van der Waals surface area contributed by atoms with Gasteiger partial charge in [-0.25, -0.2) is 23.5 Å². The van der Waals surface area contributed by atoms with E-state index in [2.05, 4.69) is 30.7 Å². The zero-order valence-corrected chi connectivity index (χ0v) is 18.1. The van der Waals surface area contributed by atoms with E-state index >= 15 is 0 Å². The van der Waals surface area contributed by atoms with Crippen molar-refractivity contribution >= 4 is 33.4 Å². The molecule has 2 aromatic carbocycles. The summed E-state index contributed by atoms with van der Waals surface area (Å²) in [5, 5.41) is 15.7. The van der Waals surface area contributed by atoms with Crippen LogP contribution in [-0.2, 0) is 10.0 Å². The summed E-state index contributed by atoms with van der Waals surface area (Å²) in [7, 11) is -3.77. The van der Waals surface area contributed by atoms with Gasteiger partial charge in [0.15, 0.2) is 5.82 Å². The first-order chi connectivity index (χ1) is 15.8. The molecule has 13 heteroatoms. The summed E-state index contributed by atoms with van der Waals surface area (Å²) >= 11 is 0. The van der Waals surface area contributed by atoms with Crippen LogP contribution in [-0.4, -0.2) is 39.7 Å². The van der Waals surface area contributed by atoms with Crippen LogP contribution in [0, 0.1) is 0 Å². The highest BCUT2D eigenvalue weighted by Crippen LogP contribution is 2.21. The number of nitrogens with one attached hydrogen (secondary N) is 2. The lowest BCUT2D eigenvalue weighted by atomic mass is 10.1. The van der Waals surface area contributed by atoms with Crippen molar-refractivity contribution in [2.45, 2.75) is 10.9 Å². The Labute approximate surface area is 189 Å². The number of hydrogen-bond acceptors (Lipinski definition) is 10. The van der Waals surface area contributed by atoms with Gasteiger partial charge in [0.25, 0.3) is 0 Å². The van der Waals surface area contributed by atoms with Crippen LogP contribution in [0.5, 0.6) is 0 Å². The Morgan fingerprint density at radius 3 is 2.42 bits per heavy atom. The predicted molar refractivity (Wildman–Crippen MR) is 124 cm³/mol. The molecular formula is C20H22N10O2S. The second kappa shape index (κ2) is 9.20. The number of primary sulfonamides is 1. The van der Waals surface area contributed by atoms with Gasteiger partial charge in [-0.2, -0.15) is 9.67 Å². The fourth-order valence-corrected chi connectivity index (χ4v) is 3.60. The molecule has 0 aliphatic heterocycles. The van der Waals surface area contributed by atoms with Gasteiger partial charge in [0.2, 0.25) is 21.9 Å². The second-order valence-electron chi connectivity index (χ2n) is 7.00. The van der Waals surface area contributed by atoms with E-state index in [0.29, 0.717) is 23.9 Å². The third kappa shape index (κ3) is 5.23. The highest BCUT2D eigenvalue weighted by molar-refractivity contribution is 7.89. The molecule has 0 aliphatic rings. The molecule has 0 amide bonds. The Morgan fingerprint density at radius 1 is 1.03 bits per heavy atom. The van der Waals surface area contributed by atoms with Crippen molar-refractivity contribution in [2.24, 2.45) is 10.9 Å². The number of sulfonamides is 1. The van der Waals surface area contributed by atoms with Gasteiger partial charge in [0.05, 0.1) is 10.9 Å². The SMILES string of the molecule is NC[C@@H](Nc1cc(-n2nc(Nc3ccc(S(N)(=O)=O)cc3)nc2N)ncn1)c1ccccc1. The Balaban J connectivity index is 1.53. The summed E-state index contributed by atoms with van der Waals surface area (Å²) in [6, 6.07) is 17.2. The predicted octanol–water partition coefficient (Wildman–Crippen LogP) is 1.14. The van der Waals surface area contributed by atoms with E-state index in [1.807, 2.05) is 30.3 Å². The zero-order chi connectivity index (χ0) is 23.4. The summed E-state index contributed by atoms with van der Waals surface area (Å²) < 4.78 is 24.1. The molecule has 0 unspecified atom stereocenters. The molecule has 8 N–H and O–H groups in total. The molecule has 33 heavy (non-hydrogen) atoms. The number of benzene rings is 2. The maximum Gasteiger partial charge on any atom is 0.248 e. The lowest BCUT2D eigenvalue weighted by Crippen LogP contribution is -2.21. The number of aromatic nitrogens is 5. The molecule has 2 aromatic heterocycles. The van der Waals surface area contributed by atoms with Gasteiger partial charge >= 0.3 is 0 Å². The van der Waals surface area contributed by atoms with Crippen LogP contribution in [0.25, 0.3) is 5.82 Å². The van der Waals surface area contributed by atoms with Gasteiger partial charge in [0.1, 0.15) is 12.1 Å². The molecule has 0 saturated heterocycles. The monoisotopic (exact) mass is 466 g/mol. The van der Waals surface area contributed by atoms with Gasteiger partial charge in [-0.1, -0.05) is 30.3 Å². The van der Waals surface area contributed by atoms with E-state index in [9.17, 15) is 8.42 Å². The van der Waals surface area contributed by atoms with E-state index in [0.717, 1.165) is 5.56 Å². The van der Waals surface area contributed by atoms with Crippen LogP contribution in [0.1, 0.15) is 11.6 Å². The van der Waals surface area contributed by atoms with Crippen LogP contribution in [0.3, 0.4) is 0 Å². The summed E-state index contributed by atoms with van der Waals surface area (Å²) in [5.41, 5.74) is 13.5. The molecule has 0 saturated carbocycles. The van der Waals surface area contributed by atoms with E-state index in [4.69, 9.17) is 16.6 Å². The van der Waals surface area contributed by atoms with Crippen molar-refractivity contribution in [2.75, 3.05) is 22.9 Å². The van der Waals surface area contributed by atoms with Crippen LogP contribution in [0.2, 0.25) is 0 Å². The molecule has 2 heterocycles. The second-order valence-corrected chi connectivity index (χ2v) is 8.57. The molecule has 1 atom stereocenters. The number of hydrogen-bond donors (Lipinski definition) is 5. The van der Waals surface area contributed by atoms with Crippen LogP contribution in [0.15, 0.2) is 71.9 Å². The average molecular weight is 467 g/mol. The highest BCUT2D eigenvalue weighted by atomic mass is 32.2. The number of nitrogens with zero attached hydrogens (tertiary/aromatic N) is 5. The first-order valence-corrected chi connectivity index (χ1v) is 11.3. The van der Waals surface area contributed by atoms with Crippen molar-refractivity contribution in [3.05, 3.63) is 72.6 Å². The number of anilines is 4. The topological polar surface area (TPSA) is 193 Å². The Hall–Kier alpha value is -4.07. The van der Waals surface area contributed by atoms with Gasteiger partial charge in [-0.3, -0.25) is 0 Å². The maximum atomic E-state index is 11.4. The van der Waals surface area contributed by atoms with Crippen molar-refractivity contribution in [1.29, 1.82) is 0 Å². The molecule has 12 nitrogen and oxygen atoms in total. The van der Waals surface area contributed by atoms with Gasteiger partial charge in [-0.15, -0.1) is 5.10 Å². The Bertz CT molecular complexity index is 1340. The Morgan fingerprint density at radius 2 is 1.76 bits per heavy atom. The number of nitrogens with two attached hydrogens (primary N) is 3. The van der Waals surface area contributed by atoms with E-state index in [1.165, 1.54) is 23.1 Å². The van der Waals surface area contributed by atoms with Crippen LogP contribution in [0.4, 0.5) is 23.4 Å². The standard InChI is InChI=1S/C20H22N10O2S/c21-11-16(13-4-2-1-3-5-13)27-17-10-18(25-12-24-17)30-19(22)28-20(29-30)26-14-6-8-15(9-7-14)33(23,31)32/h1-10,12,16H,11,21H2,(H2,23,31,32)(H,24,25,27)(H3,22,26,28,29)/t16-/m1/s1. The largest absolute Gasteiger partial charge is 0.368 e. The fourth-order valence-electron chi connectivity index (χ4n) is 3.09. The molecule has 0 aliphatic carbocycles. The quantitative estimate of drug-likeness (QED) is 0.251. The summed E-state index contributed by atoms with van der Waals surface area (Å²) in [4.78, 5) is 12.7. The number of nitrogen functional groups attached to an aromatic ring is 1. The maximum absolute atomic E-state index is 11.4. The first kappa shape index (κ1) is 22.1. The normalized spacial score (nSPS) is 12.3. The minimum atomic E-state index is -3.77. The summed E-state index contributed by atoms with van der Waals surface area (Å²) in [6.07, 6.45) is 1.39. The molecule has 0 bridgehead atoms. The fraction of sp³-hybridized carbons (Fsp3) is 0.100. The van der Waals surface area contributed by atoms with Crippen molar-refractivity contribution in [3.63, 3.8) is 0 Å². The lowest BCUT2D eigenvalue weighted by Gasteiger charge is -2.18. The van der Waals surface area contributed by atoms with Gasteiger partial charge < -0.3 is 22.1 Å². The van der Waals surface area contributed by atoms with E-state index in [-0.39, 0.29) is 22.8 Å². The average Bonchev–Trinajstić information content (AvgIpc) is 3.18. The minimum Gasteiger partial charge on any atom is -0.368 e. The Kier molecular flexibility index (Phi) is 6.17. The molecule has 4 rings (SSSR count). The number of rotatable bonds is 8. The molecular weight excluding hydrogens is 444 g/mol. The van der Waals surface area contributed by atoms with Gasteiger partial charge in [0, 0.05) is 18.3 Å². The highest BCUT2D eigenvalue weighted by Gasteiger charge is 2.14. The van der Waals surface area contributed by atoms with E-state index in [1.54, 1.807) is 18.2 Å². The van der Waals surface area contributed by atoms with Crippen LogP contribution >= 0.6 is 0 Å². The third-order valence-corrected chi connectivity index (χ3v) is 5.63. The smallest absolute Gasteiger partial charge is 0.248 e. The molecule has 4 aromatic rings. The summed E-state index contributed by atoms with van der Waals surface area (Å²) in [5.74, 6) is 1.25. The molecule has 0 radical (unpaired) electrons. The lowest BCUT2D eigenvalue weighted by molar-refractivity contribution is 0.598. The minimum absolute atomic E-state index is 0.00152. The van der Waals surface area contributed by atoms with Gasteiger partial charge in [-0.05, 0) is 29.8 Å². The van der Waals surface area contributed by atoms with Crippen LogP contribution < -0.4 is 27.2 Å². The van der Waals surface area contributed by atoms with Crippen molar-refractivity contribution < 1.29 is 8.42 Å². The molecule has 170 valence electrons. The molecule has 0 fully saturated rings.